The topological polar surface area (TPSA) is 45.7 Å². The summed E-state index contributed by atoms with van der Waals surface area (Å²) in [6.07, 6.45) is 0.791. The third kappa shape index (κ3) is 5.18. The average Bonchev–Trinajstić information content (AvgIpc) is 3.17. The predicted molar refractivity (Wildman–Crippen MR) is 125 cm³/mol. The molecule has 0 unspecified atom stereocenters. The SMILES string of the molecule is CN(C)CCCN(C(=O)COc1ccc2ccccc2c1)c1nc2ccc(F)cc2s1. The number of rotatable bonds is 8. The van der Waals surface area contributed by atoms with Crippen LogP contribution in [0.25, 0.3) is 21.0 Å². The van der Waals surface area contributed by atoms with Crippen molar-refractivity contribution in [2.45, 2.75) is 6.42 Å². The summed E-state index contributed by atoms with van der Waals surface area (Å²) in [6, 6.07) is 18.3. The van der Waals surface area contributed by atoms with E-state index < -0.39 is 0 Å². The maximum atomic E-state index is 13.6. The van der Waals surface area contributed by atoms with Gasteiger partial charge in [0.2, 0.25) is 0 Å². The maximum Gasteiger partial charge on any atom is 0.266 e. The first-order valence-corrected chi connectivity index (χ1v) is 10.9. The Morgan fingerprint density at radius 3 is 2.65 bits per heavy atom. The first-order valence-electron chi connectivity index (χ1n) is 10.1. The zero-order valence-corrected chi connectivity index (χ0v) is 18.4. The Bertz CT molecular complexity index is 1210. The number of carbonyl (C=O) groups excluding carboxylic acids is 1. The Labute approximate surface area is 184 Å². The lowest BCUT2D eigenvalue weighted by molar-refractivity contribution is -0.120. The van der Waals surface area contributed by atoms with Crippen LogP contribution in [-0.4, -0.2) is 49.6 Å². The normalized spacial score (nSPS) is 11.4. The van der Waals surface area contributed by atoms with Crippen LogP contribution in [0, 0.1) is 5.82 Å². The predicted octanol–water partition coefficient (Wildman–Crippen LogP) is 4.95. The number of ether oxygens (including phenoxy) is 1. The van der Waals surface area contributed by atoms with Crippen LogP contribution in [0.4, 0.5) is 9.52 Å². The molecule has 0 aliphatic rings. The van der Waals surface area contributed by atoms with Crippen LogP contribution in [0.2, 0.25) is 0 Å². The van der Waals surface area contributed by atoms with Crippen molar-refractivity contribution < 1.29 is 13.9 Å². The number of carbonyl (C=O) groups is 1. The number of aromatic nitrogens is 1. The van der Waals surface area contributed by atoms with Crippen molar-refractivity contribution in [2.75, 3.05) is 38.7 Å². The smallest absolute Gasteiger partial charge is 0.266 e. The van der Waals surface area contributed by atoms with E-state index in [1.54, 1.807) is 11.0 Å². The standard InChI is InChI=1S/C24H24FN3O2S/c1-27(2)12-5-13-28(24-26-21-11-9-19(25)15-22(21)31-24)23(29)16-30-20-10-8-17-6-3-4-7-18(17)14-20/h3-4,6-11,14-15H,5,12-13,16H2,1-2H3. The molecule has 0 radical (unpaired) electrons. The molecule has 1 heterocycles. The fourth-order valence-electron chi connectivity index (χ4n) is 3.35. The number of thiazole rings is 1. The Morgan fingerprint density at radius 2 is 1.84 bits per heavy atom. The molecule has 0 aliphatic carbocycles. The van der Waals surface area contributed by atoms with Crippen molar-refractivity contribution in [1.29, 1.82) is 0 Å². The van der Waals surface area contributed by atoms with Gasteiger partial charge < -0.3 is 9.64 Å². The third-order valence-electron chi connectivity index (χ3n) is 4.94. The van der Waals surface area contributed by atoms with E-state index in [4.69, 9.17) is 4.74 Å². The summed E-state index contributed by atoms with van der Waals surface area (Å²) < 4.78 is 20.1. The summed E-state index contributed by atoms with van der Waals surface area (Å²) in [5.74, 6) is 0.158. The van der Waals surface area contributed by atoms with Crippen LogP contribution in [0.15, 0.2) is 60.7 Å². The molecule has 0 bridgehead atoms. The van der Waals surface area contributed by atoms with Crippen molar-refractivity contribution >= 4 is 43.4 Å². The summed E-state index contributed by atoms with van der Waals surface area (Å²) in [4.78, 5) is 21.4. The fourth-order valence-corrected chi connectivity index (χ4v) is 4.39. The minimum Gasteiger partial charge on any atom is -0.484 e. The molecule has 0 aliphatic heterocycles. The maximum absolute atomic E-state index is 13.6. The van der Waals surface area contributed by atoms with Gasteiger partial charge in [0.05, 0.1) is 10.2 Å². The molecule has 5 nitrogen and oxygen atoms in total. The number of hydrogen-bond donors (Lipinski definition) is 0. The van der Waals surface area contributed by atoms with E-state index in [2.05, 4.69) is 9.88 Å². The van der Waals surface area contributed by atoms with Gasteiger partial charge in [0.15, 0.2) is 11.7 Å². The van der Waals surface area contributed by atoms with Crippen LogP contribution in [0.5, 0.6) is 5.75 Å². The van der Waals surface area contributed by atoms with Gasteiger partial charge in [-0.25, -0.2) is 9.37 Å². The van der Waals surface area contributed by atoms with E-state index in [0.29, 0.717) is 22.9 Å². The second-order valence-corrected chi connectivity index (χ2v) is 8.62. The Kier molecular flexibility index (Phi) is 6.44. The Hall–Kier alpha value is -3.03. The molecule has 4 aromatic rings. The first kappa shape index (κ1) is 21.2. The molecule has 0 saturated heterocycles. The van der Waals surface area contributed by atoms with Crippen molar-refractivity contribution in [3.8, 4) is 5.75 Å². The van der Waals surface area contributed by atoms with Gasteiger partial charge in [-0.2, -0.15) is 0 Å². The molecule has 31 heavy (non-hydrogen) atoms. The second kappa shape index (κ2) is 9.41. The molecule has 3 aromatic carbocycles. The van der Waals surface area contributed by atoms with Gasteiger partial charge in [0, 0.05) is 6.54 Å². The number of amides is 1. The van der Waals surface area contributed by atoms with Crippen LogP contribution >= 0.6 is 11.3 Å². The average molecular weight is 438 g/mol. The monoisotopic (exact) mass is 437 g/mol. The molecule has 0 saturated carbocycles. The highest BCUT2D eigenvalue weighted by atomic mass is 32.1. The lowest BCUT2D eigenvalue weighted by atomic mass is 10.1. The van der Waals surface area contributed by atoms with Gasteiger partial charge in [-0.3, -0.25) is 9.69 Å². The second-order valence-electron chi connectivity index (χ2n) is 7.61. The molecule has 0 fully saturated rings. The van der Waals surface area contributed by atoms with Gasteiger partial charge in [-0.1, -0.05) is 41.7 Å². The van der Waals surface area contributed by atoms with E-state index in [9.17, 15) is 9.18 Å². The minimum atomic E-state index is -0.312. The van der Waals surface area contributed by atoms with Crippen molar-refractivity contribution in [3.63, 3.8) is 0 Å². The van der Waals surface area contributed by atoms with Crippen molar-refractivity contribution in [1.82, 2.24) is 9.88 Å². The molecule has 1 aromatic heterocycles. The molecule has 4 rings (SSSR count). The molecule has 7 heteroatoms. The highest BCUT2D eigenvalue weighted by Gasteiger charge is 2.20. The van der Waals surface area contributed by atoms with Crippen molar-refractivity contribution in [3.05, 3.63) is 66.5 Å². The Balaban J connectivity index is 1.52. The Morgan fingerprint density at radius 1 is 1.03 bits per heavy atom. The number of anilines is 1. The van der Waals surface area contributed by atoms with Crippen LogP contribution in [0.3, 0.4) is 0 Å². The summed E-state index contributed by atoms with van der Waals surface area (Å²) >= 11 is 1.32. The largest absolute Gasteiger partial charge is 0.484 e. The zero-order valence-electron chi connectivity index (χ0n) is 17.5. The van der Waals surface area contributed by atoms with E-state index >= 15 is 0 Å². The summed E-state index contributed by atoms with van der Waals surface area (Å²) in [5.41, 5.74) is 0.683. The molecule has 0 spiro atoms. The minimum absolute atomic E-state index is 0.0927. The number of fused-ring (bicyclic) bond motifs is 2. The number of nitrogens with zero attached hydrogens (tertiary/aromatic N) is 3. The first-order chi connectivity index (χ1) is 15.0. The molecule has 160 valence electrons. The fraction of sp³-hybridized carbons (Fsp3) is 0.250. The molecule has 1 amide bonds. The molecular formula is C24H24FN3O2S. The van der Waals surface area contributed by atoms with E-state index in [-0.39, 0.29) is 18.3 Å². The highest BCUT2D eigenvalue weighted by Crippen LogP contribution is 2.30. The van der Waals surface area contributed by atoms with Gasteiger partial charge in [0.1, 0.15) is 11.6 Å². The van der Waals surface area contributed by atoms with Gasteiger partial charge >= 0.3 is 0 Å². The van der Waals surface area contributed by atoms with Crippen molar-refractivity contribution in [2.24, 2.45) is 0 Å². The molecule has 0 N–H and O–H groups in total. The lowest BCUT2D eigenvalue weighted by Crippen LogP contribution is -2.36. The number of benzene rings is 3. The van der Waals surface area contributed by atoms with Crippen LogP contribution in [-0.2, 0) is 4.79 Å². The summed E-state index contributed by atoms with van der Waals surface area (Å²) in [6.45, 7) is 1.26. The number of halogens is 1. The van der Waals surface area contributed by atoms with E-state index in [1.165, 1.54) is 23.5 Å². The molecule has 0 atom stereocenters. The van der Waals surface area contributed by atoms with Gasteiger partial charge in [-0.15, -0.1) is 0 Å². The van der Waals surface area contributed by atoms with Crippen LogP contribution < -0.4 is 9.64 Å². The molecular weight excluding hydrogens is 413 g/mol. The van der Waals surface area contributed by atoms with E-state index in [1.807, 2.05) is 56.6 Å². The lowest BCUT2D eigenvalue weighted by Gasteiger charge is -2.21. The zero-order chi connectivity index (χ0) is 21.8. The quantitative estimate of drug-likeness (QED) is 0.391. The summed E-state index contributed by atoms with van der Waals surface area (Å²) in [5, 5.41) is 2.74. The number of hydrogen-bond acceptors (Lipinski definition) is 5. The highest BCUT2D eigenvalue weighted by molar-refractivity contribution is 7.22. The van der Waals surface area contributed by atoms with Crippen LogP contribution in [0.1, 0.15) is 6.42 Å². The van der Waals surface area contributed by atoms with Gasteiger partial charge in [0.25, 0.3) is 5.91 Å². The van der Waals surface area contributed by atoms with Gasteiger partial charge in [-0.05, 0) is 68.2 Å². The third-order valence-corrected chi connectivity index (χ3v) is 5.98. The van der Waals surface area contributed by atoms with E-state index in [0.717, 1.165) is 28.4 Å². The summed E-state index contributed by atoms with van der Waals surface area (Å²) in [7, 11) is 3.99.